The first-order valence-electron chi connectivity index (χ1n) is 7.06. The van der Waals surface area contributed by atoms with Crippen molar-refractivity contribution in [2.45, 2.75) is 39.7 Å². The van der Waals surface area contributed by atoms with Crippen LogP contribution >= 0.6 is 0 Å². The van der Waals surface area contributed by atoms with Crippen molar-refractivity contribution in [1.82, 2.24) is 4.90 Å². The Morgan fingerprint density at radius 3 is 2.63 bits per heavy atom. The second-order valence-electron chi connectivity index (χ2n) is 5.59. The van der Waals surface area contributed by atoms with Crippen LogP contribution in [0.5, 0.6) is 0 Å². The van der Waals surface area contributed by atoms with Gasteiger partial charge in [0.2, 0.25) is 0 Å². The Bertz CT molecular complexity index is 394. The van der Waals surface area contributed by atoms with E-state index in [1.165, 1.54) is 6.07 Å². The summed E-state index contributed by atoms with van der Waals surface area (Å²) in [6, 6.07) is 4.96. The van der Waals surface area contributed by atoms with Crippen molar-refractivity contribution in [3.63, 3.8) is 0 Å². The highest BCUT2D eigenvalue weighted by Gasteiger charge is 2.11. The Balaban J connectivity index is 2.46. The van der Waals surface area contributed by atoms with Crippen molar-refractivity contribution < 1.29 is 9.50 Å². The average Bonchev–Trinajstić information content (AvgIpc) is 2.39. The van der Waals surface area contributed by atoms with E-state index in [2.05, 4.69) is 25.8 Å². The van der Waals surface area contributed by atoms with Crippen molar-refractivity contribution in [1.29, 1.82) is 0 Å². The van der Waals surface area contributed by atoms with E-state index in [4.69, 9.17) is 0 Å². The van der Waals surface area contributed by atoms with Crippen molar-refractivity contribution in [2.24, 2.45) is 5.92 Å². The first kappa shape index (κ1) is 16.1. The second-order valence-corrected chi connectivity index (χ2v) is 5.59. The van der Waals surface area contributed by atoms with Crippen molar-refractivity contribution >= 4 is 0 Å². The summed E-state index contributed by atoms with van der Waals surface area (Å²) in [5.74, 6) is 0.420. The zero-order chi connectivity index (χ0) is 14.4. The van der Waals surface area contributed by atoms with Crippen LogP contribution in [0.3, 0.4) is 0 Å². The molecule has 19 heavy (non-hydrogen) atoms. The lowest BCUT2D eigenvalue weighted by molar-refractivity contribution is 0.144. The first-order chi connectivity index (χ1) is 8.93. The molecule has 1 aromatic rings. The van der Waals surface area contributed by atoms with Gasteiger partial charge in [-0.25, -0.2) is 4.39 Å². The topological polar surface area (TPSA) is 23.5 Å². The molecule has 0 fully saturated rings. The maximum atomic E-state index is 13.4. The van der Waals surface area contributed by atoms with Crippen molar-refractivity contribution in [3.8, 4) is 0 Å². The highest BCUT2D eigenvalue weighted by atomic mass is 19.1. The van der Waals surface area contributed by atoms with Crippen LogP contribution in [0.1, 0.15) is 43.9 Å². The third kappa shape index (κ3) is 5.29. The fraction of sp³-hybridized carbons (Fsp3) is 0.625. The van der Waals surface area contributed by atoms with Gasteiger partial charge in [-0.3, -0.25) is 0 Å². The van der Waals surface area contributed by atoms with E-state index in [0.717, 1.165) is 19.5 Å². The number of benzene rings is 1. The Morgan fingerprint density at radius 2 is 2.05 bits per heavy atom. The van der Waals surface area contributed by atoms with Crippen molar-refractivity contribution in [3.05, 3.63) is 35.1 Å². The molecule has 0 bridgehead atoms. The lowest BCUT2D eigenvalue weighted by atomic mass is 10.0. The average molecular weight is 267 g/mol. The SMILES string of the molecule is CCC(C)CN(C)CCC(O)c1ccc(C)c(F)c1. The summed E-state index contributed by atoms with van der Waals surface area (Å²) < 4.78 is 13.4. The number of aliphatic hydroxyl groups is 1. The molecule has 0 saturated carbocycles. The molecule has 0 aliphatic heterocycles. The van der Waals surface area contributed by atoms with Crippen LogP contribution in [0.25, 0.3) is 0 Å². The maximum Gasteiger partial charge on any atom is 0.126 e. The fourth-order valence-electron chi connectivity index (χ4n) is 2.08. The lowest BCUT2D eigenvalue weighted by Crippen LogP contribution is -2.26. The summed E-state index contributed by atoms with van der Waals surface area (Å²) in [6.45, 7) is 7.99. The Labute approximate surface area is 116 Å². The highest BCUT2D eigenvalue weighted by Crippen LogP contribution is 2.19. The molecule has 0 aliphatic rings. The van der Waals surface area contributed by atoms with E-state index >= 15 is 0 Å². The van der Waals surface area contributed by atoms with E-state index < -0.39 is 6.10 Å². The van der Waals surface area contributed by atoms with Gasteiger partial charge in [-0.15, -0.1) is 0 Å². The predicted octanol–water partition coefficient (Wildman–Crippen LogP) is 3.54. The molecule has 3 heteroatoms. The van der Waals surface area contributed by atoms with Gasteiger partial charge in [-0.2, -0.15) is 0 Å². The molecule has 108 valence electrons. The number of hydrogen-bond acceptors (Lipinski definition) is 2. The van der Waals surface area contributed by atoms with E-state index in [1.807, 2.05) is 0 Å². The highest BCUT2D eigenvalue weighted by molar-refractivity contribution is 5.24. The Kier molecular flexibility index (Phi) is 6.46. The zero-order valence-corrected chi connectivity index (χ0v) is 12.5. The summed E-state index contributed by atoms with van der Waals surface area (Å²) in [4.78, 5) is 2.22. The van der Waals surface area contributed by atoms with Crippen LogP contribution in [0.15, 0.2) is 18.2 Å². The molecule has 0 spiro atoms. The maximum absolute atomic E-state index is 13.4. The number of halogens is 1. The first-order valence-corrected chi connectivity index (χ1v) is 7.06. The van der Waals surface area contributed by atoms with Gasteiger partial charge in [0.05, 0.1) is 6.10 Å². The molecule has 0 aliphatic carbocycles. The van der Waals surface area contributed by atoms with Crippen molar-refractivity contribution in [2.75, 3.05) is 20.1 Å². The van der Waals surface area contributed by atoms with Gasteiger partial charge in [0, 0.05) is 13.1 Å². The van der Waals surface area contributed by atoms with Gasteiger partial charge in [-0.05, 0) is 43.5 Å². The molecule has 0 saturated heterocycles. The van der Waals surface area contributed by atoms with Gasteiger partial charge in [0.25, 0.3) is 0 Å². The van der Waals surface area contributed by atoms with E-state index in [1.54, 1.807) is 19.1 Å². The third-order valence-corrected chi connectivity index (χ3v) is 3.69. The molecule has 0 radical (unpaired) electrons. The fourth-order valence-corrected chi connectivity index (χ4v) is 2.08. The summed E-state index contributed by atoms with van der Waals surface area (Å²) in [5, 5.41) is 10.1. The zero-order valence-electron chi connectivity index (χ0n) is 12.5. The number of aliphatic hydroxyl groups excluding tert-OH is 1. The Morgan fingerprint density at radius 1 is 1.37 bits per heavy atom. The molecule has 2 unspecified atom stereocenters. The molecule has 1 rings (SSSR count). The molecule has 2 atom stereocenters. The number of aryl methyl sites for hydroxylation is 1. The van der Waals surface area contributed by atoms with Crippen LogP contribution in [-0.4, -0.2) is 30.1 Å². The molecular formula is C16H26FNO. The molecule has 2 nitrogen and oxygen atoms in total. The molecular weight excluding hydrogens is 241 g/mol. The monoisotopic (exact) mass is 267 g/mol. The molecule has 1 N–H and O–H groups in total. The third-order valence-electron chi connectivity index (χ3n) is 3.69. The standard InChI is InChI=1S/C16H26FNO/c1-5-12(2)11-18(4)9-8-16(19)14-7-6-13(3)15(17)10-14/h6-7,10,12,16,19H,5,8-9,11H2,1-4H3. The minimum atomic E-state index is -0.588. The summed E-state index contributed by atoms with van der Waals surface area (Å²) in [5.41, 5.74) is 1.28. The van der Waals surface area contributed by atoms with Gasteiger partial charge in [-0.1, -0.05) is 32.4 Å². The van der Waals surface area contributed by atoms with Gasteiger partial charge < -0.3 is 10.0 Å². The molecule has 0 amide bonds. The van der Waals surface area contributed by atoms with Gasteiger partial charge in [0.1, 0.15) is 5.82 Å². The predicted molar refractivity (Wildman–Crippen MR) is 77.7 cm³/mol. The number of rotatable bonds is 7. The minimum absolute atomic E-state index is 0.246. The van der Waals surface area contributed by atoms with Gasteiger partial charge >= 0.3 is 0 Å². The molecule has 1 aromatic carbocycles. The summed E-state index contributed by atoms with van der Waals surface area (Å²) in [6.07, 6.45) is 1.21. The van der Waals surface area contributed by atoms with E-state index in [9.17, 15) is 9.50 Å². The molecule has 0 heterocycles. The molecule has 0 aromatic heterocycles. The van der Waals surface area contributed by atoms with Gasteiger partial charge in [0.15, 0.2) is 0 Å². The lowest BCUT2D eigenvalue weighted by Gasteiger charge is -2.22. The van der Waals surface area contributed by atoms with E-state index in [0.29, 0.717) is 23.5 Å². The normalized spacial score (nSPS) is 14.7. The van der Waals surface area contributed by atoms with Crippen LogP contribution in [0.2, 0.25) is 0 Å². The minimum Gasteiger partial charge on any atom is -0.388 e. The van der Waals surface area contributed by atoms with E-state index in [-0.39, 0.29) is 5.82 Å². The van der Waals surface area contributed by atoms with Crippen LogP contribution < -0.4 is 0 Å². The largest absolute Gasteiger partial charge is 0.388 e. The number of hydrogen-bond donors (Lipinski definition) is 1. The summed E-state index contributed by atoms with van der Waals surface area (Å²) >= 11 is 0. The van der Waals surface area contributed by atoms with Crippen LogP contribution in [-0.2, 0) is 0 Å². The number of nitrogens with zero attached hydrogens (tertiary/aromatic N) is 1. The quantitative estimate of drug-likeness (QED) is 0.817. The van der Waals surface area contributed by atoms with Crippen LogP contribution in [0, 0.1) is 18.7 Å². The second kappa shape index (κ2) is 7.61. The summed E-state index contributed by atoms with van der Waals surface area (Å²) in [7, 11) is 2.06. The van der Waals surface area contributed by atoms with Crippen LogP contribution in [0.4, 0.5) is 4.39 Å². The Hall–Kier alpha value is -0.930. The smallest absolute Gasteiger partial charge is 0.126 e.